The van der Waals surface area contributed by atoms with E-state index < -0.39 is 5.97 Å². The van der Waals surface area contributed by atoms with Crippen LogP contribution in [0.5, 0.6) is 0 Å². The molecule has 0 radical (unpaired) electrons. The first kappa shape index (κ1) is 18.7. The van der Waals surface area contributed by atoms with Gasteiger partial charge in [-0.25, -0.2) is 4.79 Å². The molecule has 138 valence electrons. The number of fused-ring (bicyclic) bond motifs is 1. The lowest BCUT2D eigenvalue weighted by Gasteiger charge is -2.22. The van der Waals surface area contributed by atoms with Crippen molar-refractivity contribution in [1.29, 1.82) is 0 Å². The molecule has 0 bridgehead atoms. The number of hydrogen-bond acceptors (Lipinski definition) is 4. The summed E-state index contributed by atoms with van der Waals surface area (Å²) in [5.41, 5.74) is 3.36. The maximum atomic E-state index is 12.7. The van der Waals surface area contributed by atoms with E-state index in [1.165, 1.54) is 0 Å². The second kappa shape index (κ2) is 8.06. The first-order chi connectivity index (χ1) is 12.5. The minimum absolute atomic E-state index is 0.00331. The molecule has 2 aromatic rings. The molecular formula is C20H22ClNO4. The van der Waals surface area contributed by atoms with Gasteiger partial charge in [-0.15, -0.1) is 0 Å². The van der Waals surface area contributed by atoms with Crippen molar-refractivity contribution in [1.82, 2.24) is 4.98 Å². The van der Waals surface area contributed by atoms with Crippen LogP contribution in [-0.4, -0.2) is 36.6 Å². The summed E-state index contributed by atoms with van der Waals surface area (Å²) >= 11 is 6.29. The van der Waals surface area contributed by atoms with Crippen molar-refractivity contribution in [3.05, 3.63) is 57.4 Å². The number of benzene rings is 1. The molecule has 0 spiro atoms. The van der Waals surface area contributed by atoms with Crippen LogP contribution >= 0.6 is 11.6 Å². The largest absolute Gasteiger partial charge is 0.459 e. The number of Topliss-reactive ketones (excluding diaryl/α,β-unsaturated/α-hetero) is 1. The van der Waals surface area contributed by atoms with E-state index in [2.05, 4.69) is 4.98 Å². The van der Waals surface area contributed by atoms with Gasteiger partial charge in [-0.2, -0.15) is 0 Å². The standard InChI is InChI=1S/C20H22ClNO4/c1-3-25-8-9-26-20(24)19-12(2)18-16(22-19)10-13(11-17(18)23)14-6-4-5-7-15(14)21/h4-7,13,22H,3,8-11H2,1-2H3/t13-/m0/s1. The van der Waals surface area contributed by atoms with E-state index in [4.69, 9.17) is 21.1 Å². The number of H-pyrrole nitrogens is 1. The zero-order valence-electron chi connectivity index (χ0n) is 14.9. The number of aromatic amines is 1. The molecule has 1 aromatic heterocycles. The van der Waals surface area contributed by atoms with Gasteiger partial charge in [0.1, 0.15) is 12.3 Å². The number of aromatic nitrogens is 1. The van der Waals surface area contributed by atoms with Crippen molar-refractivity contribution in [2.75, 3.05) is 19.8 Å². The Morgan fingerprint density at radius 1 is 1.27 bits per heavy atom. The second-order valence-corrected chi connectivity index (χ2v) is 6.77. The molecule has 3 rings (SSSR count). The number of nitrogens with one attached hydrogen (secondary N) is 1. The Bertz CT molecular complexity index is 827. The highest BCUT2D eigenvalue weighted by atomic mass is 35.5. The lowest BCUT2D eigenvalue weighted by atomic mass is 9.81. The van der Waals surface area contributed by atoms with Gasteiger partial charge in [0.05, 0.1) is 6.61 Å². The minimum Gasteiger partial charge on any atom is -0.459 e. The van der Waals surface area contributed by atoms with E-state index in [9.17, 15) is 9.59 Å². The predicted molar refractivity (Wildman–Crippen MR) is 99.1 cm³/mol. The molecule has 26 heavy (non-hydrogen) atoms. The van der Waals surface area contributed by atoms with Gasteiger partial charge in [-0.3, -0.25) is 4.79 Å². The van der Waals surface area contributed by atoms with Crippen molar-refractivity contribution in [3.63, 3.8) is 0 Å². The molecule has 0 fully saturated rings. The first-order valence-corrected chi connectivity index (χ1v) is 9.14. The van der Waals surface area contributed by atoms with Gasteiger partial charge in [0.15, 0.2) is 5.78 Å². The topological polar surface area (TPSA) is 68.4 Å². The van der Waals surface area contributed by atoms with Gasteiger partial charge >= 0.3 is 5.97 Å². The maximum Gasteiger partial charge on any atom is 0.355 e. The summed E-state index contributed by atoms with van der Waals surface area (Å²) in [5.74, 6) is -0.430. The average molecular weight is 376 g/mol. The highest BCUT2D eigenvalue weighted by molar-refractivity contribution is 6.31. The lowest BCUT2D eigenvalue weighted by molar-refractivity contribution is 0.0329. The predicted octanol–water partition coefficient (Wildman–Crippen LogP) is 4.08. The number of carbonyl (C=O) groups is 2. The molecule has 0 saturated heterocycles. The molecule has 0 unspecified atom stereocenters. The third-order valence-corrected chi connectivity index (χ3v) is 5.05. The Balaban J connectivity index is 1.81. The smallest absolute Gasteiger partial charge is 0.355 e. The quantitative estimate of drug-likeness (QED) is 0.610. The number of ketones is 1. The lowest BCUT2D eigenvalue weighted by Crippen LogP contribution is -2.18. The van der Waals surface area contributed by atoms with Crippen LogP contribution in [0.1, 0.15) is 56.9 Å². The zero-order valence-corrected chi connectivity index (χ0v) is 15.7. The van der Waals surface area contributed by atoms with Gasteiger partial charge in [-0.1, -0.05) is 29.8 Å². The second-order valence-electron chi connectivity index (χ2n) is 6.36. The molecule has 0 amide bonds. The monoisotopic (exact) mass is 375 g/mol. The summed E-state index contributed by atoms with van der Waals surface area (Å²) in [6.07, 6.45) is 1.02. The summed E-state index contributed by atoms with van der Waals surface area (Å²) < 4.78 is 10.4. The van der Waals surface area contributed by atoms with E-state index in [0.717, 1.165) is 11.3 Å². The minimum atomic E-state index is -0.460. The summed E-state index contributed by atoms with van der Waals surface area (Å²) in [4.78, 5) is 28.1. The molecule has 1 heterocycles. The Kier molecular flexibility index (Phi) is 5.79. The van der Waals surface area contributed by atoms with Gasteiger partial charge in [0.25, 0.3) is 0 Å². The third kappa shape index (κ3) is 3.69. The summed E-state index contributed by atoms with van der Waals surface area (Å²) in [7, 11) is 0. The van der Waals surface area contributed by atoms with E-state index in [0.29, 0.717) is 47.9 Å². The van der Waals surface area contributed by atoms with Gasteiger partial charge in [-0.05, 0) is 43.4 Å². The number of rotatable bonds is 6. The SMILES string of the molecule is CCOCCOC(=O)c1[nH]c2c(c1C)C(=O)C[C@@H](c1ccccc1Cl)C2. The normalized spacial score (nSPS) is 16.4. The molecule has 1 N–H and O–H groups in total. The molecule has 5 nitrogen and oxygen atoms in total. The summed E-state index contributed by atoms with van der Waals surface area (Å²) in [6, 6.07) is 7.57. The average Bonchev–Trinajstić information content (AvgIpc) is 2.96. The number of hydrogen-bond donors (Lipinski definition) is 1. The molecule has 1 aliphatic rings. The van der Waals surface area contributed by atoms with Crippen LogP contribution in [0.15, 0.2) is 24.3 Å². The van der Waals surface area contributed by atoms with E-state index in [1.807, 2.05) is 31.2 Å². The Labute approximate surface area is 157 Å². The highest BCUT2D eigenvalue weighted by Crippen LogP contribution is 2.37. The number of esters is 1. The van der Waals surface area contributed by atoms with Crippen molar-refractivity contribution in [2.24, 2.45) is 0 Å². The Morgan fingerprint density at radius 2 is 2.04 bits per heavy atom. The molecule has 0 aliphatic heterocycles. The fraction of sp³-hybridized carbons (Fsp3) is 0.400. The van der Waals surface area contributed by atoms with E-state index >= 15 is 0 Å². The van der Waals surface area contributed by atoms with Crippen LogP contribution in [0.4, 0.5) is 0 Å². The molecule has 1 aromatic carbocycles. The van der Waals surface area contributed by atoms with Gasteiger partial charge in [0, 0.05) is 29.3 Å². The third-order valence-electron chi connectivity index (χ3n) is 4.70. The van der Waals surface area contributed by atoms with Crippen molar-refractivity contribution in [3.8, 4) is 0 Å². The number of carbonyl (C=O) groups excluding carboxylic acids is 2. The van der Waals surface area contributed by atoms with Crippen LogP contribution in [0.3, 0.4) is 0 Å². The molecular weight excluding hydrogens is 354 g/mol. The van der Waals surface area contributed by atoms with Crippen LogP contribution in [-0.2, 0) is 15.9 Å². The molecule has 1 atom stereocenters. The number of halogens is 1. The van der Waals surface area contributed by atoms with E-state index in [-0.39, 0.29) is 18.3 Å². The summed E-state index contributed by atoms with van der Waals surface area (Å²) in [6.45, 7) is 4.78. The van der Waals surface area contributed by atoms with Crippen molar-refractivity contribution < 1.29 is 19.1 Å². The van der Waals surface area contributed by atoms with Crippen molar-refractivity contribution >= 4 is 23.4 Å². The molecule has 6 heteroatoms. The Hall–Kier alpha value is -2.11. The van der Waals surface area contributed by atoms with Crippen LogP contribution < -0.4 is 0 Å². The molecule has 0 saturated carbocycles. The van der Waals surface area contributed by atoms with E-state index in [1.54, 1.807) is 6.92 Å². The maximum absolute atomic E-state index is 12.7. The Morgan fingerprint density at radius 3 is 2.77 bits per heavy atom. The fourth-order valence-electron chi connectivity index (χ4n) is 3.47. The zero-order chi connectivity index (χ0) is 18.7. The van der Waals surface area contributed by atoms with Crippen LogP contribution in [0.25, 0.3) is 0 Å². The van der Waals surface area contributed by atoms with Crippen molar-refractivity contribution in [2.45, 2.75) is 32.6 Å². The highest BCUT2D eigenvalue weighted by Gasteiger charge is 2.32. The first-order valence-electron chi connectivity index (χ1n) is 8.76. The fourth-order valence-corrected chi connectivity index (χ4v) is 3.76. The number of ether oxygens (including phenoxy) is 2. The van der Waals surface area contributed by atoms with Crippen LogP contribution in [0, 0.1) is 6.92 Å². The molecule has 1 aliphatic carbocycles. The summed E-state index contributed by atoms with van der Waals surface area (Å²) in [5, 5.41) is 0.660. The van der Waals surface area contributed by atoms with Crippen LogP contribution in [0.2, 0.25) is 5.02 Å². The van der Waals surface area contributed by atoms with Gasteiger partial charge in [0.2, 0.25) is 0 Å². The van der Waals surface area contributed by atoms with Gasteiger partial charge < -0.3 is 14.5 Å².